The van der Waals surface area contributed by atoms with Gasteiger partial charge in [-0.25, -0.2) is 4.98 Å². The molecule has 103 valence electrons. The molecular formula is C14H14N3O3. The van der Waals surface area contributed by atoms with Crippen molar-refractivity contribution < 1.29 is 9.66 Å². The Kier molecular flexibility index (Phi) is 4.14. The predicted octanol–water partition coefficient (Wildman–Crippen LogP) is 3.00. The summed E-state index contributed by atoms with van der Waals surface area (Å²) in [7, 11) is 1.60. The predicted molar refractivity (Wildman–Crippen MR) is 76.2 cm³/mol. The summed E-state index contributed by atoms with van der Waals surface area (Å²) in [5.41, 5.74) is 0.878. The average Bonchev–Trinajstić information content (AvgIpc) is 2.88. The van der Waals surface area contributed by atoms with Crippen molar-refractivity contribution in [1.82, 2.24) is 9.55 Å². The summed E-state index contributed by atoms with van der Waals surface area (Å²) in [6.07, 6.45) is 4.76. The Balaban J connectivity index is 2.34. The number of hydrogen-bond acceptors (Lipinski definition) is 4. The van der Waals surface area contributed by atoms with E-state index in [-0.39, 0.29) is 5.82 Å². The third-order valence-electron chi connectivity index (χ3n) is 2.80. The Bertz CT molecular complexity index is 647. The van der Waals surface area contributed by atoms with Crippen LogP contribution in [0.5, 0.6) is 5.75 Å². The number of methoxy groups -OCH3 is 1. The molecule has 0 aliphatic carbocycles. The van der Waals surface area contributed by atoms with Crippen LogP contribution in [0, 0.1) is 16.7 Å². The highest BCUT2D eigenvalue weighted by Gasteiger charge is 2.16. The third-order valence-corrected chi connectivity index (χ3v) is 2.80. The van der Waals surface area contributed by atoms with E-state index in [4.69, 9.17) is 4.74 Å². The van der Waals surface area contributed by atoms with Crippen LogP contribution in [0.1, 0.15) is 18.3 Å². The number of aromatic nitrogens is 2. The van der Waals surface area contributed by atoms with Crippen molar-refractivity contribution in [2.24, 2.45) is 0 Å². The maximum Gasteiger partial charge on any atom is 0.343 e. The van der Waals surface area contributed by atoms with Gasteiger partial charge in [-0.15, -0.1) is 0 Å². The molecule has 1 heterocycles. The SMILES string of the molecule is C[CH]n1c([N+](=O)[O-])cnc1/C=C/c1ccccc1OC. The van der Waals surface area contributed by atoms with Crippen molar-refractivity contribution in [3.8, 4) is 5.75 Å². The molecule has 2 rings (SSSR count). The number of hydrogen-bond donors (Lipinski definition) is 0. The minimum absolute atomic E-state index is 0.0628. The first-order valence-electron chi connectivity index (χ1n) is 5.99. The zero-order valence-electron chi connectivity index (χ0n) is 11.2. The first-order valence-corrected chi connectivity index (χ1v) is 5.99. The first-order chi connectivity index (χ1) is 9.67. The van der Waals surface area contributed by atoms with Gasteiger partial charge >= 0.3 is 5.82 Å². The van der Waals surface area contributed by atoms with Crippen LogP contribution in [0.4, 0.5) is 5.82 Å². The highest BCUT2D eigenvalue weighted by Crippen LogP contribution is 2.21. The zero-order chi connectivity index (χ0) is 14.5. The molecule has 6 nitrogen and oxygen atoms in total. The number of ether oxygens (including phenoxy) is 1. The molecule has 0 atom stereocenters. The van der Waals surface area contributed by atoms with E-state index in [1.807, 2.05) is 30.3 Å². The van der Waals surface area contributed by atoms with E-state index < -0.39 is 4.92 Å². The summed E-state index contributed by atoms with van der Waals surface area (Å²) < 4.78 is 6.66. The molecule has 0 saturated heterocycles. The molecular weight excluding hydrogens is 258 g/mol. The van der Waals surface area contributed by atoms with Crippen LogP contribution in [0.2, 0.25) is 0 Å². The van der Waals surface area contributed by atoms with E-state index >= 15 is 0 Å². The second-order valence-electron chi connectivity index (χ2n) is 3.94. The Morgan fingerprint density at radius 1 is 1.35 bits per heavy atom. The molecule has 6 heteroatoms. The van der Waals surface area contributed by atoms with Crippen molar-refractivity contribution in [1.29, 1.82) is 0 Å². The van der Waals surface area contributed by atoms with Crippen LogP contribution in [0.3, 0.4) is 0 Å². The van der Waals surface area contributed by atoms with Crippen molar-refractivity contribution in [3.05, 3.63) is 58.5 Å². The molecule has 2 aromatic rings. The highest BCUT2D eigenvalue weighted by molar-refractivity contribution is 5.70. The fraction of sp³-hybridized carbons (Fsp3) is 0.143. The maximum absolute atomic E-state index is 10.8. The standard InChI is InChI=1S/C14H14N3O3/c1-3-16-13(15-10-14(16)17(18)19)9-8-11-6-4-5-7-12(11)20-2/h3-10H,1-2H3/b9-8+. The van der Waals surface area contributed by atoms with Gasteiger partial charge in [-0.3, -0.25) is 0 Å². The molecule has 1 aromatic carbocycles. The number of nitrogens with zero attached hydrogens (tertiary/aromatic N) is 3. The highest BCUT2D eigenvalue weighted by atomic mass is 16.6. The van der Waals surface area contributed by atoms with E-state index in [1.165, 1.54) is 10.8 Å². The second-order valence-corrected chi connectivity index (χ2v) is 3.94. The van der Waals surface area contributed by atoms with Crippen LogP contribution in [0.25, 0.3) is 12.2 Å². The number of rotatable bonds is 5. The maximum atomic E-state index is 10.8. The van der Waals surface area contributed by atoms with E-state index in [1.54, 1.807) is 26.7 Å². The van der Waals surface area contributed by atoms with E-state index in [0.717, 1.165) is 11.3 Å². The molecule has 0 amide bonds. The van der Waals surface area contributed by atoms with Crippen molar-refractivity contribution in [2.75, 3.05) is 7.11 Å². The van der Waals surface area contributed by atoms with Crippen LogP contribution in [-0.2, 0) is 0 Å². The van der Waals surface area contributed by atoms with Crippen molar-refractivity contribution in [2.45, 2.75) is 6.92 Å². The monoisotopic (exact) mass is 272 g/mol. The van der Waals surface area contributed by atoms with E-state index in [0.29, 0.717) is 5.82 Å². The normalized spacial score (nSPS) is 10.9. The Morgan fingerprint density at radius 3 is 2.75 bits per heavy atom. The molecule has 0 fully saturated rings. The van der Waals surface area contributed by atoms with Gasteiger partial charge in [0.2, 0.25) is 5.82 Å². The molecule has 0 N–H and O–H groups in total. The number of para-hydroxylation sites is 1. The number of nitro groups is 1. The summed E-state index contributed by atoms with van der Waals surface area (Å²) in [5.74, 6) is 1.16. The van der Waals surface area contributed by atoms with Gasteiger partial charge in [0.15, 0.2) is 0 Å². The molecule has 0 bridgehead atoms. The Labute approximate surface area is 116 Å². The van der Waals surface area contributed by atoms with Gasteiger partial charge < -0.3 is 14.9 Å². The molecule has 0 aliphatic rings. The Morgan fingerprint density at radius 2 is 2.10 bits per heavy atom. The summed E-state index contributed by atoms with van der Waals surface area (Å²) >= 11 is 0. The number of benzene rings is 1. The molecule has 0 spiro atoms. The van der Waals surface area contributed by atoms with Crippen LogP contribution in [0.15, 0.2) is 30.5 Å². The van der Waals surface area contributed by atoms with E-state index in [9.17, 15) is 10.1 Å². The summed E-state index contributed by atoms with van der Waals surface area (Å²) in [6.45, 7) is 3.32. The molecule has 0 saturated carbocycles. The third kappa shape index (κ3) is 2.69. The summed E-state index contributed by atoms with van der Waals surface area (Å²) in [5, 5.41) is 10.8. The van der Waals surface area contributed by atoms with Gasteiger partial charge in [0, 0.05) is 11.6 Å². The summed E-state index contributed by atoms with van der Waals surface area (Å²) in [6, 6.07) is 7.51. The molecule has 1 radical (unpaired) electrons. The molecule has 0 aliphatic heterocycles. The second kappa shape index (κ2) is 6.01. The zero-order valence-corrected chi connectivity index (χ0v) is 11.2. The van der Waals surface area contributed by atoms with Gasteiger partial charge in [0.1, 0.15) is 18.5 Å². The van der Waals surface area contributed by atoms with Gasteiger partial charge in [-0.2, -0.15) is 4.57 Å². The smallest absolute Gasteiger partial charge is 0.343 e. The number of imidazole rings is 1. The molecule has 0 unspecified atom stereocenters. The van der Waals surface area contributed by atoms with Crippen molar-refractivity contribution >= 4 is 18.0 Å². The van der Waals surface area contributed by atoms with Gasteiger partial charge in [-0.05, 0) is 24.0 Å². The van der Waals surface area contributed by atoms with Crippen LogP contribution < -0.4 is 4.74 Å². The van der Waals surface area contributed by atoms with E-state index in [2.05, 4.69) is 4.98 Å². The summed E-state index contributed by atoms with van der Waals surface area (Å²) in [4.78, 5) is 14.4. The minimum atomic E-state index is -0.465. The van der Waals surface area contributed by atoms with Gasteiger partial charge in [0.25, 0.3) is 0 Å². The minimum Gasteiger partial charge on any atom is -0.496 e. The van der Waals surface area contributed by atoms with Crippen LogP contribution >= 0.6 is 0 Å². The fourth-order valence-corrected chi connectivity index (χ4v) is 1.86. The van der Waals surface area contributed by atoms with Gasteiger partial charge in [0.05, 0.1) is 7.11 Å². The lowest BCUT2D eigenvalue weighted by Crippen LogP contribution is -2.00. The lowest BCUT2D eigenvalue weighted by atomic mass is 10.2. The first kappa shape index (κ1) is 13.8. The Hall–Kier alpha value is -2.63. The lowest BCUT2D eigenvalue weighted by molar-refractivity contribution is -0.391. The van der Waals surface area contributed by atoms with Gasteiger partial charge in [-0.1, -0.05) is 18.2 Å². The fourth-order valence-electron chi connectivity index (χ4n) is 1.86. The lowest BCUT2D eigenvalue weighted by Gasteiger charge is -2.03. The van der Waals surface area contributed by atoms with Crippen molar-refractivity contribution in [3.63, 3.8) is 0 Å². The molecule has 1 aromatic heterocycles. The topological polar surface area (TPSA) is 70.2 Å². The largest absolute Gasteiger partial charge is 0.496 e. The van der Waals surface area contributed by atoms with Crippen LogP contribution in [-0.4, -0.2) is 21.6 Å². The quantitative estimate of drug-likeness (QED) is 0.619. The molecule has 20 heavy (non-hydrogen) atoms. The average molecular weight is 272 g/mol.